The summed E-state index contributed by atoms with van der Waals surface area (Å²) >= 11 is 11.9. The van der Waals surface area contributed by atoms with E-state index >= 15 is 0 Å². The molecule has 0 N–H and O–H groups in total. The van der Waals surface area contributed by atoms with E-state index in [2.05, 4.69) is 4.84 Å². The van der Waals surface area contributed by atoms with Crippen molar-refractivity contribution in [3.63, 3.8) is 0 Å². The lowest BCUT2D eigenvalue weighted by Gasteiger charge is -2.26. The van der Waals surface area contributed by atoms with Crippen molar-refractivity contribution in [2.45, 2.75) is 45.1 Å². The molecule has 0 aromatic heterocycles. The number of hydroxylamine groups is 2. The molecule has 1 aromatic rings. The van der Waals surface area contributed by atoms with Crippen molar-refractivity contribution in [2.24, 2.45) is 0 Å². The molecule has 0 radical (unpaired) electrons. The third-order valence-corrected chi connectivity index (χ3v) is 3.66. The second kappa shape index (κ2) is 9.82. The molecule has 5 nitrogen and oxygen atoms in total. The van der Waals surface area contributed by atoms with Crippen molar-refractivity contribution < 1.29 is 32.3 Å². The van der Waals surface area contributed by atoms with Gasteiger partial charge in [-0.3, -0.25) is 0 Å². The summed E-state index contributed by atoms with van der Waals surface area (Å²) in [5.41, 5.74) is -0.444. The van der Waals surface area contributed by atoms with Crippen LogP contribution in [0.4, 0.5) is 13.2 Å². The lowest BCUT2D eigenvalue weighted by molar-refractivity contribution is -0.234. The van der Waals surface area contributed by atoms with Crippen molar-refractivity contribution >= 4 is 29.2 Å². The Labute approximate surface area is 166 Å². The van der Waals surface area contributed by atoms with E-state index in [0.717, 1.165) is 5.06 Å². The molecule has 0 aliphatic heterocycles. The normalized spacial score (nSPS) is 13.6. The molecule has 27 heavy (non-hydrogen) atoms. The predicted octanol–water partition coefficient (Wildman–Crippen LogP) is 4.90. The number of alkyl halides is 3. The van der Waals surface area contributed by atoms with Crippen LogP contribution in [0.15, 0.2) is 18.2 Å². The van der Waals surface area contributed by atoms with Gasteiger partial charge in [-0.05, 0) is 39.0 Å². The van der Waals surface area contributed by atoms with Crippen LogP contribution in [0.5, 0.6) is 5.75 Å². The van der Waals surface area contributed by atoms with E-state index in [1.165, 1.54) is 13.1 Å². The molecule has 1 aromatic carbocycles. The maximum atomic E-state index is 12.3. The van der Waals surface area contributed by atoms with Crippen LogP contribution < -0.4 is 4.74 Å². The second-order valence-corrected chi connectivity index (χ2v) is 7.60. The minimum absolute atomic E-state index is 0.00873. The van der Waals surface area contributed by atoms with Gasteiger partial charge in [0.25, 0.3) is 0 Å². The van der Waals surface area contributed by atoms with Crippen molar-refractivity contribution in [3.8, 4) is 5.75 Å². The molecule has 0 aliphatic rings. The Morgan fingerprint density at radius 1 is 1.22 bits per heavy atom. The fourth-order valence-electron chi connectivity index (χ4n) is 1.83. The van der Waals surface area contributed by atoms with Crippen LogP contribution in [-0.2, 0) is 14.4 Å². The third-order valence-electron chi connectivity index (χ3n) is 3.13. The van der Waals surface area contributed by atoms with Crippen LogP contribution in [0, 0.1) is 0 Å². The quantitative estimate of drug-likeness (QED) is 0.547. The van der Waals surface area contributed by atoms with Crippen molar-refractivity contribution in [1.82, 2.24) is 5.06 Å². The van der Waals surface area contributed by atoms with E-state index in [4.69, 9.17) is 32.7 Å². The highest BCUT2D eigenvalue weighted by atomic mass is 35.5. The Balaban J connectivity index is 2.72. The molecule has 1 atom stereocenters. The van der Waals surface area contributed by atoms with Gasteiger partial charge in [0.2, 0.25) is 0 Å². The molecule has 0 saturated heterocycles. The molecular formula is C17H22Cl2F3NO4. The highest BCUT2D eigenvalue weighted by molar-refractivity contribution is 6.35. The maximum absolute atomic E-state index is 12.3. The Bertz CT molecular complexity index is 636. The minimum Gasteiger partial charge on any atom is -0.486 e. The summed E-state index contributed by atoms with van der Waals surface area (Å²) in [5.74, 6) is -1.92. The maximum Gasteiger partial charge on any atom is 0.492 e. The first-order valence-corrected chi connectivity index (χ1v) is 8.79. The summed E-state index contributed by atoms with van der Waals surface area (Å²) in [5, 5.41) is 1.53. The average molecular weight is 432 g/mol. The van der Waals surface area contributed by atoms with Gasteiger partial charge in [-0.2, -0.15) is 13.2 Å². The van der Waals surface area contributed by atoms with Gasteiger partial charge in [0, 0.05) is 25.0 Å². The monoisotopic (exact) mass is 431 g/mol. The standard InChI is InChI=1S/C17H22Cl2F3NO4/c1-16(2,3)25-10-12(26-14-6-5-11(18)9-13(14)19)7-8-23(4)27-15(24)17(20,21)22/h5-6,9,12H,7-8,10H2,1-4H3/t12-/m0/s1. The van der Waals surface area contributed by atoms with Crippen LogP contribution in [-0.4, -0.2) is 49.1 Å². The van der Waals surface area contributed by atoms with Crippen molar-refractivity contribution in [3.05, 3.63) is 28.2 Å². The average Bonchev–Trinajstić information content (AvgIpc) is 2.50. The summed E-state index contributed by atoms with van der Waals surface area (Å²) < 4.78 is 48.3. The lowest BCUT2D eigenvalue weighted by Crippen LogP contribution is -2.36. The van der Waals surface area contributed by atoms with Gasteiger partial charge in [-0.1, -0.05) is 23.2 Å². The molecule has 0 spiro atoms. The number of halogens is 5. The van der Waals surface area contributed by atoms with Crippen molar-refractivity contribution in [1.29, 1.82) is 0 Å². The number of nitrogens with zero attached hydrogens (tertiary/aromatic N) is 1. The molecule has 154 valence electrons. The topological polar surface area (TPSA) is 48.0 Å². The molecular weight excluding hydrogens is 410 g/mol. The Hall–Kier alpha value is -1.22. The van der Waals surface area contributed by atoms with E-state index in [-0.39, 0.29) is 19.6 Å². The zero-order valence-corrected chi connectivity index (χ0v) is 16.9. The Morgan fingerprint density at radius 2 is 1.85 bits per heavy atom. The van der Waals surface area contributed by atoms with Gasteiger partial charge in [0.15, 0.2) is 0 Å². The van der Waals surface area contributed by atoms with Gasteiger partial charge in [-0.15, -0.1) is 5.06 Å². The molecule has 0 heterocycles. The summed E-state index contributed by atoms with van der Waals surface area (Å²) in [7, 11) is 1.22. The van der Waals surface area contributed by atoms with Gasteiger partial charge in [-0.25, -0.2) is 4.79 Å². The summed E-state index contributed by atoms with van der Waals surface area (Å²) in [6.45, 7) is 5.72. The Kier molecular flexibility index (Phi) is 8.66. The van der Waals surface area contributed by atoms with E-state index in [1.807, 2.05) is 20.8 Å². The lowest BCUT2D eigenvalue weighted by atomic mass is 10.2. The Morgan fingerprint density at radius 3 is 2.37 bits per heavy atom. The van der Waals surface area contributed by atoms with Gasteiger partial charge < -0.3 is 14.3 Å². The predicted molar refractivity (Wildman–Crippen MR) is 96.0 cm³/mol. The van der Waals surface area contributed by atoms with E-state index in [9.17, 15) is 18.0 Å². The fourth-order valence-corrected chi connectivity index (χ4v) is 2.29. The zero-order chi connectivity index (χ0) is 20.8. The second-order valence-electron chi connectivity index (χ2n) is 6.75. The number of carbonyl (C=O) groups is 1. The first kappa shape index (κ1) is 23.8. The van der Waals surface area contributed by atoms with Crippen LogP contribution in [0.3, 0.4) is 0 Å². The zero-order valence-electron chi connectivity index (χ0n) is 15.4. The summed E-state index contributed by atoms with van der Waals surface area (Å²) in [4.78, 5) is 15.1. The third kappa shape index (κ3) is 9.51. The number of rotatable bonds is 8. The van der Waals surface area contributed by atoms with Crippen molar-refractivity contribution in [2.75, 3.05) is 20.2 Å². The largest absolute Gasteiger partial charge is 0.492 e. The van der Waals surface area contributed by atoms with E-state index in [1.54, 1.807) is 12.1 Å². The number of hydrogen-bond acceptors (Lipinski definition) is 5. The van der Waals surface area contributed by atoms with Crippen LogP contribution in [0.2, 0.25) is 10.0 Å². The van der Waals surface area contributed by atoms with Crippen LogP contribution in [0.25, 0.3) is 0 Å². The number of hydrogen-bond donors (Lipinski definition) is 0. The highest BCUT2D eigenvalue weighted by Crippen LogP contribution is 2.29. The molecule has 0 aliphatic carbocycles. The molecule has 0 fully saturated rings. The molecule has 0 unspecified atom stereocenters. The smallest absolute Gasteiger partial charge is 0.486 e. The minimum atomic E-state index is -5.06. The van der Waals surface area contributed by atoms with Crippen LogP contribution >= 0.6 is 23.2 Å². The number of carbonyl (C=O) groups excluding carboxylic acids is 1. The van der Waals surface area contributed by atoms with Gasteiger partial charge >= 0.3 is 12.1 Å². The first-order chi connectivity index (χ1) is 12.3. The SMILES string of the molecule is CN(CC[C@@H](COC(C)(C)C)Oc1ccc(Cl)cc1Cl)OC(=O)C(F)(F)F. The van der Waals surface area contributed by atoms with Crippen LogP contribution in [0.1, 0.15) is 27.2 Å². The molecule has 0 saturated carbocycles. The fraction of sp³-hybridized carbons (Fsp3) is 0.588. The highest BCUT2D eigenvalue weighted by Gasteiger charge is 2.42. The molecule has 1 rings (SSSR count). The first-order valence-electron chi connectivity index (χ1n) is 8.04. The summed E-state index contributed by atoms with van der Waals surface area (Å²) in [6.07, 6.45) is -5.39. The molecule has 10 heteroatoms. The van der Waals surface area contributed by atoms with E-state index in [0.29, 0.717) is 15.8 Å². The van der Waals surface area contributed by atoms with Gasteiger partial charge in [0.1, 0.15) is 11.9 Å². The number of benzene rings is 1. The van der Waals surface area contributed by atoms with Gasteiger partial charge in [0.05, 0.1) is 17.2 Å². The molecule has 0 amide bonds. The molecule has 0 bridgehead atoms. The summed E-state index contributed by atoms with van der Waals surface area (Å²) in [6, 6.07) is 4.70. The van der Waals surface area contributed by atoms with E-state index < -0.39 is 23.9 Å². The number of ether oxygens (including phenoxy) is 2.